The molecule has 0 heterocycles. The maximum absolute atomic E-state index is 3.95. The van der Waals surface area contributed by atoms with E-state index < -0.39 is 0 Å². The Kier molecular flexibility index (Phi) is 18.5. The highest BCUT2D eigenvalue weighted by atomic mass is 15.1. The lowest BCUT2D eigenvalue weighted by molar-refractivity contribution is 0.807. The van der Waals surface area contributed by atoms with Gasteiger partial charge in [-0.3, -0.25) is 0 Å². The van der Waals surface area contributed by atoms with Gasteiger partial charge in [0.15, 0.2) is 0 Å². The van der Waals surface area contributed by atoms with Gasteiger partial charge >= 0.3 is 0 Å². The van der Waals surface area contributed by atoms with Gasteiger partial charge in [0, 0.05) is 39.9 Å². The Morgan fingerprint density at radius 1 is 0.280 bits per heavy atom. The van der Waals surface area contributed by atoms with Crippen molar-refractivity contribution in [2.24, 2.45) is 0 Å². The van der Waals surface area contributed by atoms with Crippen LogP contribution in [0.4, 0.5) is 34.1 Å². The van der Waals surface area contributed by atoms with Crippen LogP contribution in [0.15, 0.2) is 431 Å². The van der Waals surface area contributed by atoms with Gasteiger partial charge in [-0.2, -0.15) is 0 Å². The summed E-state index contributed by atoms with van der Waals surface area (Å²) in [5, 5.41) is 14.9. The van der Waals surface area contributed by atoms with Crippen LogP contribution in [0.25, 0.3) is 161 Å². The molecule has 0 amide bonds. The smallest absolute Gasteiger partial charge is 0.0540 e. The number of hydrogen-bond donors (Lipinski definition) is 0. The molecule has 1 unspecified atom stereocenters. The summed E-state index contributed by atoms with van der Waals surface area (Å²) in [6.45, 7) is 3.95. The van der Waals surface area contributed by atoms with Crippen LogP contribution in [0, 0.1) is 0 Å². The molecule has 0 saturated carbocycles. The molecule has 556 valence electrons. The van der Waals surface area contributed by atoms with Gasteiger partial charge in [0.05, 0.1) is 5.69 Å². The second-order valence-corrected chi connectivity index (χ2v) is 31.2. The summed E-state index contributed by atoms with van der Waals surface area (Å²) in [6.07, 6.45) is 22.8. The zero-order chi connectivity index (χ0) is 78.4. The summed E-state index contributed by atoms with van der Waals surface area (Å²) in [5.74, 6) is 0.166. The van der Waals surface area contributed by atoms with E-state index >= 15 is 0 Å². The van der Waals surface area contributed by atoms with Gasteiger partial charge in [-0.05, 0) is 281 Å². The highest BCUT2D eigenvalue weighted by Gasteiger charge is 2.28. The average Bonchev–Trinajstić information content (AvgIpc) is 0.750. The van der Waals surface area contributed by atoms with Crippen LogP contribution in [0.5, 0.6) is 0 Å². The number of fused-ring (bicyclic) bond motifs is 12. The topological polar surface area (TPSA) is 6.48 Å². The van der Waals surface area contributed by atoms with Crippen molar-refractivity contribution in [3.8, 4) is 77.9 Å². The Morgan fingerprint density at radius 3 is 1.37 bits per heavy atom. The predicted octanol–water partition coefficient (Wildman–Crippen LogP) is 32.3. The molecule has 21 rings (SSSR count). The minimum atomic E-state index is 0.166. The van der Waals surface area contributed by atoms with Crippen LogP contribution < -0.4 is 9.80 Å². The average molecular weight is 1500 g/mol. The molecule has 1 atom stereocenters. The Hall–Kier alpha value is -15.0. The molecule has 2 aliphatic carbocycles. The van der Waals surface area contributed by atoms with Gasteiger partial charge in [-0.25, -0.2) is 0 Å². The van der Waals surface area contributed by atoms with Gasteiger partial charge in [-0.1, -0.05) is 359 Å². The van der Waals surface area contributed by atoms with E-state index in [-0.39, 0.29) is 5.92 Å². The van der Waals surface area contributed by atoms with Crippen LogP contribution in [0.3, 0.4) is 0 Å². The Balaban J connectivity index is 0.642. The molecule has 0 bridgehead atoms. The van der Waals surface area contributed by atoms with Gasteiger partial charge < -0.3 is 9.80 Å². The van der Waals surface area contributed by atoms with E-state index in [1.807, 2.05) is 18.2 Å². The number of anilines is 6. The standard InChI is InChI=1S/C116H82N2/c1-2-3-4-7-33-85-71-95(66-69-96(85)78-29-8-5-9-30-78)118(116-51-27-26-50-110(116)115-76-89-36-13-16-42-100(89)104-45-22-25-49-108(104)115)93-64-56-82(57-65-93)112-77-90-70-83(58-67-102(90)105-46-21-24-48-107(105)112)84-59-68-109-113(75-88-35-14-17-43-101(88)114(109)73-84)86-37-28-38-94(72-86)117(91-60-52-80(53-61-91)98-40-19-18-39-97(98)79-31-10-6-11-32-79)92-62-54-81(55-63-92)111-74-87-34-12-15-41-99(87)103-44-20-23-47-106(103)111/h2-16,18-42,44-72,74-77,84H,1,17,43,73H2/b4-3-,33-7+. The number of allylic oxidation sites excluding steroid dienone is 6. The van der Waals surface area contributed by atoms with E-state index in [0.717, 1.165) is 81.2 Å². The molecule has 0 aliphatic heterocycles. The molecule has 0 saturated heterocycles. The first-order valence-corrected chi connectivity index (χ1v) is 41.2. The molecule has 2 aliphatic rings. The minimum absolute atomic E-state index is 0.166. The second kappa shape index (κ2) is 30.8. The summed E-state index contributed by atoms with van der Waals surface area (Å²) in [7, 11) is 0. The molecule has 2 heteroatoms. The molecular formula is C116H82N2. The first-order chi connectivity index (χ1) is 58.5. The second-order valence-electron chi connectivity index (χ2n) is 31.2. The van der Waals surface area contributed by atoms with Gasteiger partial charge in [0.1, 0.15) is 0 Å². The predicted molar refractivity (Wildman–Crippen MR) is 507 cm³/mol. The molecular weight excluding hydrogens is 1420 g/mol. The fourth-order valence-corrected chi connectivity index (χ4v) is 18.8. The van der Waals surface area contributed by atoms with E-state index in [9.17, 15) is 0 Å². The summed E-state index contributed by atoms with van der Waals surface area (Å²) < 4.78 is 0. The van der Waals surface area contributed by atoms with Gasteiger partial charge in [0.25, 0.3) is 0 Å². The van der Waals surface area contributed by atoms with E-state index in [1.165, 1.54) is 148 Å². The lowest BCUT2D eigenvalue weighted by atomic mass is 9.76. The lowest BCUT2D eigenvalue weighted by Gasteiger charge is -2.29. The molecule has 19 aromatic carbocycles. The monoisotopic (exact) mass is 1500 g/mol. The van der Waals surface area contributed by atoms with Crippen molar-refractivity contribution in [3.05, 3.63) is 465 Å². The normalized spacial score (nSPS) is 13.1. The van der Waals surface area contributed by atoms with Gasteiger partial charge in [0.2, 0.25) is 0 Å². The molecule has 0 spiro atoms. The third-order valence-corrected chi connectivity index (χ3v) is 24.4. The number of rotatable bonds is 17. The van der Waals surface area contributed by atoms with E-state index in [2.05, 4.69) is 441 Å². The highest BCUT2D eigenvalue weighted by Crippen LogP contribution is 2.50. The zero-order valence-electron chi connectivity index (χ0n) is 65.4. The van der Waals surface area contributed by atoms with Crippen LogP contribution in [-0.4, -0.2) is 0 Å². The number of nitrogens with zero attached hydrogens (tertiary/aromatic N) is 2. The summed E-state index contributed by atoms with van der Waals surface area (Å²) >= 11 is 0. The van der Waals surface area contributed by atoms with Gasteiger partial charge in [-0.15, -0.1) is 0 Å². The number of para-hydroxylation sites is 1. The molecule has 2 nitrogen and oxygen atoms in total. The number of hydrogen-bond acceptors (Lipinski definition) is 2. The van der Waals surface area contributed by atoms with Crippen LogP contribution in [-0.2, 0) is 12.8 Å². The van der Waals surface area contributed by atoms with E-state index in [4.69, 9.17) is 0 Å². The number of benzene rings is 19. The van der Waals surface area contributed by atoms with E-state index in [0.29, 0.717) is 0 Å². The SMILES string of the molecule is C=C/C=C\C=C\c1cc(N(c2ccc(-c3cc4cc(C5C=Cc6c(-c7cccc(N(c8ccc(-c9ccccc9-c9ccccc9)cc8)c8ccc(-c9cc%10ccccc%10c%10ccccc9%10)cc8)c7)cc7c(c6C5)CCC=C7)ccc4c4ccccc34)cc2)c2ccccc2-c2cc3ccccc3c3ccccc23)ccc1-c1ccccc1. The largest absolute Gasteiger partial charge is 0.310 e. The molecule has 0 aromatic heterocycles. The van der Waals surface area contributed by atoms with Crippen LogP contribution in [0.1, 0.15) is 45.7 Å². The lowest BCUT2D eigenvalue weighted by Crippen LogP contribution is -2.13. The van der Waals surface area contributed by atoms with Crippen molar-refractivity contribution < 1.29 is 0 Å². The van der Waals surface area contributed by atoms with Crippen molar-refractivity contribution in [2.45, 2.75) is 25.2 Å². The molecule has 0 radical (unpaired) electrons. The molecule has 118 heavy (non-hydrogen) atoms. The van der Waals surface area contributed by atoms with Crippen LogP contribution >= 0.6 is 0 Å². The minimum Gasteiger partial charge on any atom is -0.310 e. The zero-order valence-corrected chi connectivity index (χ0v) is 65.4. The fourth-order valence-electron chi connectivity index (χ4n) is 18.8. The summed E-state index contributed by atoms with van der Waals surface area (Å²) in [4.78, 5) is 4.90. The van der Waals surface area contributed by atoms with Crippen molar-refractivity contribution in [3.63, 3.8) is 0 Å². The third-order valence-electron chi connectivity index (χ3n) is 24.4. The first kappa shape index (κ1) is 70.9. The molecule has 0 fully saturated rings. The van der Waals surface area contributed by atoms with Crippen molar-refractivity contribution in [2.75, 3.05) is 9.80 Å². The third kappa shape index (κ3) is 13.1. The maximum atomic E-state index is 3.95. The fraction of sp³-hybridized carbons (Fsp3) is 0.0345. The Morgan fingerprint density at radius 2 is 0.754 bits per heavy atom. The van der Waals surface area contributed by atoms with Crippen molar-refractivity contribution in [1.29, 1.82) is 0 Å². The van der Waals surface area contributed by atoms with Crippen molar-refractivity contribution in [1.82, 2.24) is 0 Å². The molecule has 0 N–H and O–H groups in total. The summed E-state index contributed by atoms with van der Waals surface area (Å²) in [6, 6.07) is 144. The molecule has 19 aromatic rings. The first-order valence-electron chi connectivity index (χ1n) is 41.2. The van der Waals surface area contributed by atoms with Crippen molar-refractivity contribution >= 4 is 117 Å². The maximum Gasteiger partial charge on any atom is 0.0540 e. The van der Waals surface area contributed by atoms with E-state index in [1.54, 1.807) is 0 Å². The highest BCUT2D eigenvalue weighted by molar-refractivity contribution is 6.17. The summed E-state index contributed by atoms with van der Waals surface area (Å²) in [5.41, 5.74) is 31.1. The van der Waals surface area contributed by atoms with Crippen LogP contribution in [0.2, 0.25) is 0 Å². The Bertz CT molecular complexity index is 7260. The Labute approximate surface area is 689 Å². The quantitative estimate of drug-likeness (QED) is 0.0662.